The second kappa shape index (κ2) is 11.9. The maximum absolute atomic E-state index is 13.3. The van der Waals surface area contributed by atoms with Crippen molar-refractivity contribution < 1.29 is 23.1 Å². The van der Waals surface area contributed by atoms with Crippen LogP contribution in [-0.2, 0) is 34.2 Å². The minimum absolute atomic E-state index is 0.0109. The molecule has 3 heterocycles. The minimum atomic E-state index is -3.94. The summed E-state index contributed by atoms with van der Waals surface area (Å²) < 4.78 is 35.5. The Morgan fingerprint density at radius 1 is 1.05 bits per heavy atom. The van der Waals surface area contributed by atoms with Gasteiger partial charge in [0.15, 0.2) is 0 Å². The van der Waals surface area contributed by atoms with Crippen molar-refractivity contribution in [3.63, 3.8) is 0 Å². The van der Waals surface area contributed by atoms with Crippen molar-refractivity contribution >= 4 is 15.9 Å². The van der Waals surface area contributed by atoms with Gasteiger partial charge in [-0.15, -0.1) is 0 Å². The van der Waals surface area contributed by atoms with Crippen LogP contribution < -0.4 is 9.46 Å². The lowest BCUT2D eigenvalue weighted by molar-refractivity contribution is -0.132. The largest absolute Gasteiger partial charge is 0.485 e. The van der Waals surface area contributed by atoms with Crippen molar-refractivity contribution in [2.24, 2.45) is 0 Å². The van der Waals surface area contributed by atoms with E-state index < -0.39 is 27.8 Å². The van der Waals surface area contributed by atoms with E-state index in [1.807, 2.05) is 30.2 Å². The highest BCUT2D eigenvalue weighted by Crippen LogP contribution is 2.41. The fraction of sp³-hybridized carbons (Fsp3) is 0.419. The van der Waals surface area contributed by atoms with Crippen LogP contribution in [0.25, 0.3) is 0 Å². The highest BCUT2D eigenvalue weighted by Gasteiger charge is 2.44. The van der Waals surface area contributed by atoms with Crippen molar-refractivity contribution in [3.05, 3.63) is 89.2 Å². The van der Waals surface area contributed by atoms with Gasteiger partial charge in [-0.2, -0.15) is 0 Å². The highest BCUT2D eigenvalue weighted by molar-refractivity contribution is 7.89. The number of aryl methyl sites for hydroxylation is 1. The number of sulfonamides is 1. The number of aliphatic hydroxyl groups is 1. The minimum Gasteiger partial charge on any atom is -0.485 e. The monoisotopic (exact) mass is 578 g/mol. The van der Waals surface area contributed by atoms with Gasteiger partial charge in [0, 0.05) is 50.7 Å². The van der Waals surface area contributed by atoms with E-state index in [4.69, 9.17) is 4.74 Å². The molecule has 0 aliphatic carbocycles. The van der Waals surface area contributed by atoms with Crippen LogP contribution in [0.3, 0.4) is 0 Å². The first-order valence-electron chi connectivity index (χ1n) is 14.1. The van der Waals surface area contributed by atoms with Gasteiger partial charge in [-0.3, -0.25) is 14.7 Å². The number of benzene rings is 2. The molecular formula is C31H38N4O5S. The number of piperazine rings is 1. The number of hydrogen-bond donors (Lipinski definition) is 2. The van der Waals surface area contributed by atoms with Crippen molar-refractivity contribution in [1.29, 1.82) is 0 Å². The standard InChI is InChI=1S/C31H38N4O5S/c1-4-22-7-10-25(11-8-22)41(38,39)33-29-26-18-23(9-12-27(26)40-31(2,3)30(29)37)19-28(36)35-16-14-34(15-17-35)21-24-6-5-13-32-20-24/h5-13,18,20,29-30,33,37H,4,14-17,19,21H2,1-3H3/t29-,30+/m1/s1. The number of carbonyl (C=O) groups excluding carboxylic acids is 1. The Balaban J connectivity index is 1.30. The predicted octanol–water partition coefficient (Wildman–Crippen LogP) is 3.08. The Kier molecular flexibility index (Phi) is 8.47. The van der Waals surface area contributed by atoms with Crippen LogP contribution in [0.15, 0.2) is 71.9 Å². The van der Waals surface area contributed by atoms with E-state index in [2.05, 4.69) is 20.7 Å². The lowest BCUT2D eigenvalue weighted by Gasteiger charge is -2.42. The molecule has 218 valence electrons. The van der Waals surface area contributed by atoms with Gasteiger partial charge in [-0.25, -0.2) is 13.1 Å². The highest BCUT2D eigenvalue weighted by atomic mass is 32.2. The van der Waals surface area contributed by atoms with Crippen LogP contribution in [0.2, 0.25) is 0 Å². The van der Waals surface area contributed by atoms with Crippen molar-refractivity contribution in [2.75, 3.05) is 26.2 Å². The molecule has 0 bridgehead atoms. The molecule has 1 fully saturated rings. The number of pyridine rings is 1. The Hall–Kier alpha value is -3.31. The number of aliphatic hydroxyl groups excluding tert-OH is 1. The lowest BCUT2D eigenvalue weighted by Crippen LogP contribution is -2.53. The number of amides is 1. The third-order valence-electron chi connectivity index (χ3n) is 7.94. The first-order chi connectivity index (χ1) is 19.6. The molecule has 2 aliphatic rings. The molecule has 2 atom stereocenters. The zero-order chi connectivity index (χ0) is 29.2. The first-order valence-corrected chi connectivity index (χ1v) is 15.5. The van der Waals surface area contributed by atoms with Gasteiger partial charge in [0.2, 0.25) is 15.9 Å². The summed E-state index contributed by atoms with van der Waals surface area (Å²) in [5.41, 5.74) is 2.40. The smallest absolute Gasteiger partial charge is 0.241 e. The predicted molar refractivity (Wildman–Crippen MR) is 156 cm³/mol. The number of fused-ring (bicyclic) bond motifs is 1. The van der Waals surface area contributed by atoms with E-state index >= 15 is 0 Å². The van der Waals surface area contributed by atoms with Gasteiger partial charge in [0.1, 0.15) is 17.5 Å². The number of ether oxygens (including phenoxy) is 1. The zero-order valence-electron chi connectivity index (χ0n) is 23.8. The number of hydrogen-bond acceptors (Lipinski definition) is 7. The zero-order valence-corrected chi connectivity index (χ0v) is 24.6. The normalized spacial score (nSPS) is 20.7. The summed E-state index contributed by atoms with van der Waals surface area (Å²) in [6.45, 7) is 9.10. The van der Waals surface area contributed by atoms with Gasteiger partial charge in [0.05, 0.1) is 17.4 Å². The average Bonchev–Trinajstić information content (AvgIpc) is 2.96. The first kappa shape index (κ1) is 29.2. The molecule has 0 radical (unpaired) electrons. The molecule has 2 N–H and O–H groups in total. The Bertz CT molecular complexity index is 1470. The Morgan fingerprint density at radius 3 is 2.41 bits per heavy atom. The van der Waals surface area contributed by atoms with Crippen molar-refractivity contribution in [2.45, 2.75) is 62.8 Å². The van der Waals surface area contributed by atoms with Crippen molar-refractivity contribution in [3.8, 4) is 5.75 Å². The SMILES string of the molecule is CCc1ccc(S(=O)(=O)N[C@@H]2c3cc(CC(=O)N4CCN(Cc5cccnc5)CC4)ccc3OC(C)(C)[C@H]2O)cc1. The van der Waals surface area contributed by atoms with Gasteiger partial charge in [-0.1, -0.05) is 31.2 Å². The van der Waals surface area contributed by atoms with E-state index in [1.165, 1.54) is 0 Å². The molecule has 1 aromatic heterocycles. The summed E-state index contributed by atoms with van der Waals surface area (Å²) in [6.07, 6.45) is 3.45. The summed E-state index contributed by atoms with van der Waals surface area (Å²) in [5.74, 6) is 0.492. The molecule has 0 unspecified atom stereocenters. The van der Waals surface area contributed by atoms with Gasteiger partial charge in [0.25, 0.3) is 0 Å². The summed E-state index contributed by atoms with van der Waals surface area (Å²) in [6, 6.07) is 15.1. The molecule has 9 nitrogen and oxygen atoms in total. The van der Waals surface area contributed by atoms with Gasteiger partial charge in [-0.05, 0) is 67.3 Å². The third kappa shape index (κ3) is 6.62. The van der Waals surface area contributed by atoms with E-state index in [-0.39, 0.29) is 17.2 Å². The molecule has 2 aliphatic heterocycles. The van der Waals surface area contributed by atoms with E-state index in [0.717, 1.165) is 42.7 Å². The topological polar surface area (TPSA) is 112 Å². The molecule has 3 aromatic rings. The van der Waals surface area contributed by atoms with E-state index in [0.29, 0.717) is 24.4 Å². The Labute approximate surface area is 242 Å². The maximum Gasteiger partial charge on any atom is 0.241 e. The number of nitrogens with one attached hydrogen (secondary N) is 1. The fourth-order valence-electron chi connectivity index (χ4n) is 5.42. The molecule has 5 rings (SSSR count). The summed E-state index contributed by atoms with van der Waals surface area (Å²) in [7, 11) is -3.94. The number of nitrogens with zero attached hydrogens (tertiary/aromatic N) is 3. The summed E-state index contributed by atoms with van der Waals surface area (Å²) in [4.78, 5) is 21.7. The lowest BCUT2D eigenvalue weighted by atomic mass is 9.86. The summed E-state index contributed by atoms with van der Waals surface area (Å²) in [5, 5.41) is 11.2. The molecule has 0 spiro atoms. The molecular weight excluding hydrogens is 540 g/mol. The third-order valence-corrected chi connectivity index (χ3v) is 9.40. The fourth-order valence-corrected chi connectivity index (χ4v) is 6.64. The second-order valence-corrected chi connectivity index (χ2v) is 13.0. The van der Waals surface area contributed by atoms with Crippen LogP contribution in [0.5, 0.6) is 5.75 Å². The van der Waals surface area contributed by atoms with Crippen LogP contribution in [0, 0.1) is 0 Å². The van der Waals surface area contributed by atoms with Crippen LogP contribution in [0.1, 0.15) is 49.1 Å². The van der Waals surface area contributed by atoms with Crippen LogP contribution >= 0.6 is 0 Å². The maximum atomic E-state index is 13.3. The second-order valence-electron chi connectivity index (χ2n) is 11.3. The van der Waals surface area contributed by atoms with Gasteiger partial charge < -0.3 is 14.7 Å². The summed E-state index contributed by atoms with van der Waals surface area (Å²) >= 11 is 0. The van der Waals surface area contributed by atoms with Crippen LogP contribution in [0.4, 0.5) is 0 Å². The van der Waals surface area contributed by atoms with Crippen molar-refractivity contribution in [1.82, 2.24) is 19.5 Å². The molecule has 10 heteroatoms. The number of carbonyl (C=O) groups is 1. The van der Waals surface area contributed by atoms with Gasteiger partial charge >= 0.3 is 0 Å². The van der Waals surface area contributed by atoms with E-state index in [1.54, 1.807) is 56.4 Å². The van der Waals surface area contributed by atoms with E-state index in [9.17, 15) is 18.3 Å². The molecule has 1 saturated heterocycles. The number of rotatable bonds is 8. The average molecular weight is 579 g/mol. The molecule has 0 saturated carbocycles. The number of aromatic nitrogens is 1. The molecule has 41 heavy (non-hydrogen) atoms. The Morgan fingerprint density at radius 2 is 1.76 bits per heavy atom. The molecule has 1 amide bonds. The molecule has 2 aromatic carbocycles. The van der Waals surface area contributed by atoms with Crippen LogP contribution in [-0.4, -0.2) is 72.1 Å². The quantitative estimate of drug-likeness (QED) is 0.423.